The van der Waals surface area contributed by atoms with Crippen LogP contribution in [0.5, 0.6) is 5.75 Å². The third-order valence-electron chi connectivity index (χ3n) is 3.61. The molecule has 0 N–H and O–H groups in total. The zero-order valence-corrected chi connectivity index (χ0v) is 12.8. The maximum Gasteiger partial charge on any atom is 0.235 e. The van der Waals surface area contributed by atoms with Crippen LogP contribution < -0.4 is 4.74 Å². The van der Waals surface area contributed by atoms with Crippen LogP contribution in [0, 0.1) is 15.9 Å². The minimum absolute atomic E-state index is 0.305. The van der Waals surface area contributed by atoms with Crippen LogP contribution in [0.4, 0.5) is 4.39 Å². The van der Waals surface area contributed by atoms with Crippen molar-refractivity contribution in [1.29, 1.82) is 0 Å². The molecule has 0 saturated heterocycles. The highest BCUT2D eigenvalue weighted by Crippen LogP contribution is 2.22. The second-order valence-electron chi connectivity index (χ2n) is 5.20. The van der Waals surface area contributed by atoms with Crippen molar-refractivity contribution >= 4 is 17.0 Å². The molecule has 3 rings (SSSR count). The van der Waals surface area contributed by atoms with E-state index in [1.807, 2.05) is 35.0 Å². The van der Waals surface area contributed by atoms with Crippen LogP contribution in [-0.4, -0.2) is 16.1 Å². The first kappa shape index (κ1) is 15.7. The van der Waals surface area contributed by atoms with Crippen LogP contribution in [0.3, 0.4) is 0 Å². The summed E-state index contributed by atoms with van der Waals surface area (Å²) in [6.45, 7) is 0.979. The van der Waals surface area contributed by atoms with Gasteiger partial charge in [0, 0.05) is 28.7 Å². The van der Waals surface area contributed by atoms with Crippen LogP contribution in [0.2, 0.25) is 0 Å². The van der Waals surface area contributed by atoms with Gasteiger partial charge >= 0.3 is 0 Å². The molecule has 0 aliphatic heterocycles. The summed E-state index contributed by atoms with van der Waals surface area (Å²) in [6.07, 6.45) is 4.28. The minimum atomic E-state index is -0.482. The summed E-state index contributed by atoms with van der Waals surface area (Å²) < 4.78 is 20.5. The molecule has 0 fully saturated rings. The number of ether oxygens (including phenoxy) is 1. The van der Waals surface area contributed by atoms with Crippen molar-refractivity contribution in [2.24, 2.45) is 0 Å². The van der Waals surface area contributed by atoms with E-state index in [0.29, 0.717) is 18.9 Å². The summed E-state index contributed by atoms with van der Waals surface area (Å²) in [5.74, 6) is 0.294. The van der Waals surface area contributed by atoms with Crippen molar-refractivity contribution in [3.63, 3.8) is 0 Å². The van der Waals surface area contributed by atoms with Gasteiger partial charge in [0.15, 0.2) is 0 Å². The fraction of sp³-hybridized carbons (Fsp3) is 0.111. The van der Waals surface area contributed by atoms with Crippen LogP contribution in [0.1, 0.15) is 5.56 Å². The predicted molar refractivity (Wildman–Crippen MR) is 89.9 cm³/mol. The number of hydrogen-bond acceptors (Lipinski definition) is 3. The third kappa shape index (κ3) is 3.60. The van der Waals surface area contributed by atoms with Crippen molar-refractivity contribution in [3.8, 4) is 5.75 Å². The lowest BCUT2D eigenvalue weighted by Gasteiger charge is -2.08. The molecular formula is C18H15FN2O3. The Morgan fingerprint density at radius 1 is 1.17 bits per heavy atom. The predicted octanol–water partition coefficient (Wildman–Crippen LogP) is 4.11. The van der Waals surface area contributed by atoms with Crippen LogP contribution in [0.25, 0.3) is 17.0 Å². The molecule has 0 unspecified atom stereocenters. The van der Waals surface area contributed by atoms with E-state index in [2.05, 4.69) is 0 Å². The van der Waals surface area contributed by atoms with E-state index in [4.69, 9.17) is 4.74 Å². The first-order valence-corrected chi connectivity index (χ1v) is 7.41. The second kappa shape index (κ2) is 6.95. The van der Waals surface area contributed by atoms with Gasteiger partial charge in [-0.3, -0.25) is 10.1 Å². The molecular weight excluding hydrogens is 311 g/mol. The summed E-state index contributed by atoms with van der Waals surface area (Å²) in [6, 6.07) is 13.5. The Bertz CT molecular complexity index is 885. The second-order valence-corrected chi connectivity index (χ2v) is 5.20. The lowest BCUT2D eigenvalue weighted by molar-refractivity contribution is -0.400. The summed E-state index contributed by atoms with van der Waals surface area (Å²) in [5, 5.41) is 11.5. The van der Waals surface area contributed by atoms with E-state index in [-0.39, 0.29) is 5.82 Å². The Balaban J connectivity index is 1.76. The Morgan fingerprint density at radius 3 is 2.67 bits per heavy atom. The van der Waals surface area contributed by atoms with E-state index in [1.54, 1.807) is 12.1 Å². The molecule has 122 valence electrons. The molecule has 0 bridgehead atoms. The third-order valence-corrected chi connectivity index (χ3v) is 3.61. The van der Waals surface area contributed by atoms with Gasteiger partial charge in [-0.25, -0.2) is 4.39 Å². The maximum atomic E-state index is 12.9. The largest absolute Gasteiger partial charge is 0.492 e. The monoisotopic (exact) mass is 326 g/mol. The molecule has 0 saturated carbocycles. The van der Waals surface area contributed by atoms with E-state index in [1.165, 1.54) is 18.2 Å². The summed E-state index contributed by atoms with van der Waals surface area (Å²) >= 11 is 0. The highest BCUT2D eigenvalue weighted by molar-refractivity contribution is 5.89. The Morgan fingerprint density at radius 2 is 1.92 bits per heavy atom. The average Bonchev–Trinajstić information content (AvgIpc) is 2.93. The zero-order chi connectivity index (χ0) is 16.9. The quantitative estimate of drug-likeness (QED) is 0.506. The fourth-order valence-corrected chi connectivity index (χ4v) is 2.53. The SMILES string of the molecule is O=[N+]([O-])/C=C/c1cn(CCOc2ccc(F)cc2)c2ccccc12. The van der Waals surface area contributed by atoms with E-state index in [9.17, 15) is 14.5 Å². The van der Waals surface area contributed by atoms with Crippen molar-refractivity contribution < 1.29 is 14.1 Å². The van der Waals surface area contributed by atoms with E-state index >= 15 is 0 Å². The summed E-state index contributed by atoms with van der Waals surface area (Å²) in [4.78, 5) is 10.1. The van der Waals surface area contributed by atoms with Gasteiger partial charge in [0.1, 0.15) is 18.2 Å². The van der Waals surface area contributed by atoms with Crippen molar-refractivity contribution in [2.45, 2.75) is 6.54 Å². The van der Waals surface area contributed by atoms with Gasteiger partial charge in [-0.1, -0.05) is 18.2 Å². The standard InChI is InChI=1S/C18H15FN2O3/c19-15-5-7-16(8-6-15)24-12-11-20-13-14(9-10-21(22)23)17-3-1-2-4-18(17)20/h1-10,13H,11-12H2/b10-9+. The molecule has 1 heterocycles. The van der Waals surface area contributed by atoms with Gasteiger partial charge in [0.2, 0.25) is 6.20 Å². The minimum Gasteiger partial charge on any atom is -0.492 e. The number of hydrogen-bond donors (Lipinski definition) is 0. The molecule has 0 amide bonds. The summed E-state index contributed by atoms with van der Waals surface area (Å²) in [7, 11) is 0. The number of halogens is 1. The zero-order valence-electron chi connectivity index (χ0n) is 12.8. The average molecular weight is 326 g/mol. The van der Waals surface area contributed by atoms with Crippen molar-refractivity contribution in [3.05, 3.63) is 82.4 Å². The molecule has 2 aromatic carbocycles. The molecule has 0 radical (unpaired) electrons. The number of rotatable bonds is 6. The maximum absolute atomic E-state index is 12.9. The first-order chi connectivity index (χ1) is 11.6. The number of benzene rings is 2. The van der Waals surface area contributed by atoms with Crippen LogP contribution in [-0.2, 0) is 6.54 Å². The van der Waals surface area contributed by atoms with Gasteiger partial charge in [0.05, 0.1) is 11.5 Å². The van der Waals surface area contributed by atoms with Crippen molar-refractivity contribution in [2.75, 3.05) is 6.61 Å². The normalized spacial score (nSPS) is 11.2. The number of para-hydroxylation sites is 1. The van der Waals surface area contributed by atoms with Gasteiger partial charge in [-0.05, 0) is 30.3 Å². The van der Waals surface area contributed by atoms with E-state index < -0.39 is 4.92 Å². The topological polar surface area (TPSA) is 57.3 Å². The lowest BCUT2D eigenvalue weighted by atomic mass is 10.2. The van der Waals surface area contributed by atoms with Gasteiger partial charge < -0.3 is 9.30 Å². The van der Waals surface area contributed by atoms with Gasteiger partial charge in [0.25, 0.3) is 0 Å². The highest BCUT2D eigenvalue weighted by atomic mass is 19.1. The van der Waals surface area contributed by atoms with Crippen LogP contribution in [0.15, 0.2) is 60.9 Å². The molecule has 0 atom stereocenters. The highest BCUT2D eigenvalue weighted by Gasteiger charge is 2.07. The molecule has 0 spiro atoms. The molecule has 1 aromatic heterocycles. The molecule has 3 aromatic rings. The van der Waals surface area contributed by atoms with Crippen LogP contribution >= 0.6 is 0 Å². The Hall–Kier alpha value is -3.15. The van der Waals surface area contributed by atoms with E-state index in [0.717, 1.165) is 22.7 Å². The van der Waals surface area contributed by atoms with Gasteiger partial charge in [-0.2, -0.15) is 0 Å². The van der Waals surface area contributed by atoms with Crippen molar-refractivity contribution in [1.82, 2.24) is 4.57 Å². The smallest absolute Gasteiger partial charge is 0.235 e. The molecule has 6 heteroatoms. The Labute approximate surface area is 137 Å². The number of nitrogens with zero attached hydrogens (tertiary/aromatic N) is 2. The number of aromatic nitrogens is 1. The first-order valence-electron chi connectivity index (χ1n) is 7.41. The fourth-order valence-electron chi connectivity index (χ4n) is 2.53. The van der Waals surface area contributed by atoms with Gasteiger partial charge in [-0.15, -0.1) is 0 Å². The molecule has 0 aliphatic carbocycles. The number of fused-ring (bicyclic) bond motifs is 1. The number of nitro groups is 1. The lowest BCUT2D eigenvalue weighted by Crippen LogP contribution is -2.07. The summed E-state index contributed by atoms with van der Waals surface area (Å²) in [5.41, 5.74) is 1.76. The molecule has 0 aliphatic rings. The Kier molecular flexibility index (Phi) is 4.56. The molecule has 5 nitrogen and oxygen atoms in total. The molecule has 24 heavy (non-hydrogen) atoms.